The van der Waals surface area contributed by atoms with Gasteiger partial charge >= 0.3 is 0 Å². The Hall–Kier alpha value is -2.96. The van der Waals surface area contributed by atoms with Crippen LogP contribution in [0.5, 0.6) is 0 Å². The van der Waals surface area contributed by atoms with E-state index in [1.54, 1.807) is 6.20 Å². The highest BCUT2D eigenvalue weighted by molar-refractivity contribution is 5.87. The largest absolute Gasteiger partial charge is 0.375 e. The van der Waals surface area contributed by atoms with Gasteiger partial charge < -0.3 is 9.72 Å². The number of aryl methyl sites for hydroxylation is 2. The molecule has 1 N–H and O–H groups in total. The Balaban J connectivity index is 1.30. The molecule has 2 atom stereocenters. The molecule has 2 aromatic carbocycles. The third-order valence-electron chi connectivity index (χ3n) is 8.00. The summed E-state index contributed by atoms with van der Waals surface area (Å²) in [5.74, 6) is 0.837. The predicted molar refractivity (Wildman–Crippen MR) is 137 cm³/mol. The first-order valence-electron chi connectivity index (χ1n) is 12.6. The van der Waals surface area contributed by atoms with Gasteiger partial charge in [-0.25, -0.2) is 9.07 Å². The van der Waals surface area contributed by atoms with E-state index in [-0.39, 0.29) is 13.2 Å². The maximum Gasteiger partial charge on any atom is 0.169 e. The highest BCUT2D eigenvalue weighted by Crippen LogP contribution is 2.38. The van der Waals surface area contributed by atoms with Crippen LogP contribution in [0.4, 0.5) is 4.39 Å². The van der Waals surface area contributed by atoms with E-state index in [4.69, 9.17) is 4.74 Å². The molecule has 2 fully saturated rings. The molecule has 4 heterocycles. The zero-order chi connectivity index (χ0) is 24.0. The molecule has 6 heteroatoms. The lowest BCUT2D eigenvalue weighted by molar-refractivity contribution is -0.143. The number of rotatable bonds is 6. The molecule has 0 bridgehead atoms. The van der Waals surface area contributed by atoms with Crippen molar-refractivity contribution in [2.24, 2.45) is 5.92 Å². The summed E-state index contributed by atoms with van der Waals surface area (Å²) < 4.78 is 22.0. The molecule has 0 spiro atoms. The number of hydrogen-bond acceptors (Lipinski definition) is 3. The Kier molecular flexibility index (Phi) is 5.73. The minimum Gasteiger partial charge on any atom is -0.375 e. The van der Waals surface area contributed by atoms with Gasteiger partial charge in [0.05, 0.1) is 18.9 Å². The highest BCUT2D eigenvalue weighted by atomic mass is 19.1. The summed E-state index contributed by atoms with van der Waals surface area (Å²) in [5.41, 5.74) is 6.53. The van der Waals surface area contributed by atoms with Gasteiger partial charge in [0, 0.05) is 42.6 Å². The van der Waals surface area contributed by atoms with Gasteiger partial charge in [-0.05, 0) is 91.6 Å². The lowest BCUT2D eigenvalue weighted by Gasteiger charge is -2.44. The fraction of sp³-hybridized carbons (Fsp3) is 0.414. The highest BCUT2D eigenvalue weighted by Gasteiger charge is 2.42. The number of halogens is 1. The minimum atomic E-state index is -1.19. The topological polar surface area (TPSA) is 46.1 Å². The lowest BCUT2D eigenvalue weighted by atomic mass is 9.76. The van der Waals surface area contributed by atoms with E-state index < -0.39 is 5.67 Å². The van der Waals surface area contributed by atoms with Gasteiger partial charge in [0.25, 0.3) is 0 Å². The monoisotopic (exact) mass is 472 g/mol. The first-order chi connectivity index (χ1) is 17.0. The van der Waals surface area contributed by atoms with Crippen molar-refractivity contribution in [2.45, 2.75) is 38.3 Å². The lowest BCUT2D eigenvalue weighted by Crippen LogP contribution is -2.55. The minimum absolute atomic E-state index is 0.226. The van der Waals surface area contributed by atoms with Crippen LogP contribution in [0.15, 0.2) is 61.1 Å². The summed E-state index contributed by atoms with van der Waals surface area (Å²) >= 11 is 0. The van der Waals surface area contributed by atoms with E-state index in [9.17, 15) is 4.39 Å². The molecule has 0 amide bonds. The number of alkyl halides is 1. The van der Waals surface area contributed by atoms with E-state index in [1.165, 1.54) is 33.2 Å². The van der Waals surface area contributed by atoms with Crippen LogP contribution in [0.1, 0.15) is 34.6 Å². The third-order valence-corrected chi connectivity index (χ3v) is 8.00. The maximum absolute atomic E-state index is 14.9. The van der Waals surface area contributed by atoms with Gasteiger partial charge in [-0.1, -0.05) is 18.2 Å². The Labute approximate surface area is 205 Å². The number of ether oxygens (including phenoxy) is 1. The van der Waals surface area contributed by atoms with E-state index in [0.29, 0.717) is 18.4 Å². The average molecular weight is 473 g/mol. The molecular weight excluding hydrogens is 439 g/mol. The van der Waals surface area contributed by atoms with Crippen LogP contribution in [0, 0.1) is 19.8 Å². The summed E-state index contributed by atoms with van der Waals surface area (Å²) in [6, 6.07) is 15.2. The standard InChI is InChI=1S/C29H33FN4O/c1-20-14-21(2)28-25(8-11-31-28)26(20)15-23-9-13-33(17-29(30)18-35-19-29)16-27(23)22-4-6-24(7-5-22)34-12-3-10-32-34/h3-8,10-12,14,23,27,31H,9,13,15-19H2,1-2H3/t23-,27-/m0/s1. The molecule has 0 aliphatic carbocycles. The van der Waals surface area contributed by atoms with Crippen LogP contribution in [-0.4, -0.2) is 58.2 Å². The second-order valence-corrected chi connectivity index (χ2v) is 10.5. The molecule has 182 valence electrons. The molecule has 6 rings (SSSR count). The first-order valence-corrected chi connectivity index (χ1v) is 12.6. The number of piperidine rings is 1. The van der Waals surface area contributed by atoms with Gasteiger partial charge in [0.1, 0.15) is 0 Å². The summed E-state index contributed by atoms with van der Waals surface area (Å²) in [6.45, 7) is 7.13. The summed E-state index contributed by atoms with van der Waals surface area (Å²) in [7, 11) is 0. The van der Waals surface area contributed by atoms with Crippen molar-refractivity contribution >= 4 is 10.9 Å². The zero-order valence-corrected chi connectivity index (χ0v) is 20.5. The maximum atomic E-state index is 14.9. The number of likely N-dealkylation sites (tertiary alicyclic amines) is 1. The molecule has 4 aromatic rings. The number of nitrogens with zero attached hydrogens (tertiary/aromatic N) is 3. The number of benzene rings is 2. The Morgan fingerprint density at radius 1 is 1.14 bits per heavy atom. The molecule has 0 saturated carbocycles. The SMILES string of the molecule is Cc1cc(C)c2[nH]ccc2c1C[C@@H]1CCN(CC2(F)COC2)C[C@H]1c1ccc(-n2cccn2)cc1. The number of nitrogens with one attached hydrogen (secondary N) is 1. The summed E-state index contributed by atoms with van der Waals surface area (Å²) in [5, 5.41) is 5.70. The van der Waals surface area contributed by atoms with E-state index >= 15 is 0 Å². The van der Waals surface area contributed by atoms with Gasteiger partial charge in [-0.2, -0.15) is 5.10 Å². The number of aromatic nitrogens is 3. The normalized spacial score (nSPS) is 22.4. The number of aromatic amines is 1. The molecule has 0 unspecified atom stereocenters. The van der Waals surface area contributed by atoms with Crippen molar-refractivity contribution in [3.05, 3.63) is 83.3 Å². The van der Waals surface area contributed by atoms with Crippen molar-refractivity contribution in [2.75, 3.05) is 32.8 Å². The zero-order valence-electron chi connectivity index (χ0n) is 20.5. The van der Waals surface area contributed by atoms with Crippen molar-refractivity contribution in [1.29, 1.82) is 0 Å². The van der Waals surface area contributed by atoms with Crippen molar-refractivity contribution in [3.8, 4) is 5.69 Å². The number of H-pyrrole nitrogens is 1. The van der Waals surface area contributed by atoms with Crippen LogP contribution >= 0.6 is 0 Å². The van der Waals surface area contributed by atoms with Gasteiger partial charge in [0.2, 0.25) is 0 Å². The second kappa shape index (κ2) is 8.92. The average Bonchev–Trinajstić information content (AvgIpc) is 3.54. The molecule has 2 aliphatic heterocycles. The molecule has 2 aromatic heterocycles. The van der Waals surface area contributed by atoms with Crippen LogP contribution in [0.3, 0.4) is 0 Å². The number of hydrogen-bond donors (Lipinski definition) is 1. The van der Waals surface area contributed by atoms with Crippen LogP contribution in [-0.2, 0) is 11.2 Å². The molecule has 2 saturated heterocycles. The first kappa shape index (κ1) is 22.5. The number of fused-ring (bicyclic) bond motifs is 1. The van der Waals surface area contributed by atoms with Gasteiger partial charge in [-0.3, -0.25) is 4.90 Å². The van der Waals surface area contributed by atoms with E-state index in [1.807, 2.05) is 16.9 Å². The van der Waals surface area contributed by atoms with Crippen molar-refractivity contribution < 1.29 is 9.13 Å². The second-order valence-electron chi connectivity index (χ2n) is 10.5. The molecule has 2 aliphatic rings. The predicted octanol–water partition coefficient (Wildman–Crippen LogP) is 5.36. The van der Waals surface area contributed by atoms with Gasteiger partial charge in [0.15, 0.2) is 5.67 Å². The van der Waals surface area contributed by atoms with E-state index in [2.05, 4.69) is 71.4 Å². The molecule has 5 nitrogen and oxygen atoms in total. The van der Waals surface area contributed by atoms with Crippen molar-refractivity contribution in [3.63, 3.8) is 0 Å². The Morgan fingerprint density at radius 2 is 1.97 bits per heavy atom. The smallest absolute Gasteiger partial charge is 0.169 e. The Morgan fingerprint density at radius 3 is 2.69 bits per heavy atom. The van der Waals surface area contributed by atoms with Crippen molar-refractivity contribution in [1.82, 2.24) is 19.7 Å². The molecule has 35 heavy (non-hydrogen) atoms. The quantitative estimate of drug-likeness (QED) is 0.411. The van der Waals surface area contributed by atoms with E-state index in [0.717, 1.165) is 31.6 Å². The van der Waals surface area contributed by atoms with Crippen LogP contribution in [0.2, 0.25) is 0 Å². The summed E-state index contributed by atoms with van der Waals surface area (Å²) in [4.78, 5) is 5.75. The molecule has 0 radical (unpaired) electrons. The van der Waals surface area contributed by atoms with Gasteiger partial charge in [-0.15, -0.1) is 0 Å². The van der Waals surface area contributed by atoms with Crippen LogP contribution < -0.4 is 0 Å². The Bertz CT molecular complexity index is 1310. The fourth-order valence-electron chi connectivity index (χ4n) is 6.12. The molecular formula is C29H33FN4O. The summed E-state index contributed by atoms with van der Waals surface area (Å²) in [6.07, 6.45) is 7.90. The van der Waals surface area contributed by atoms with Crippen LogP contribution in [0.25, 0.3) is 16.6 Å². The fourth-order valence-corrected chi connectivity index (χ4v) is 6.12. The third kappa shape index (κ3) is 4.30.